The second kappa shape index (κ2) is 9.49. The van der Waals surface area contributed by atoms with Gasteiger partial charge in [0, 0.05) is 30.2 Å². The maximum Gasteiger partial charge on any atom is 0.257 e. The average Bonchev–Trinajstić information content (AvgIpc) is 2.80. The number of carbonyl (C=O) groups is 1. The van der Waals surface area contributed by atoms with Crippen molar-refractivity contribution >= 4 is 23.0 Å². The van der Waals surface area contributed by atoms with Crippen molar-refractivity contribution in [3.05, 3.63) is 89.5 Å². The molecule has 1 heterocycles. The highest BCUT2D eigenvalue weighted by Crippen LogP contribution is 2.25. The van der Waals surface area contributed by atoms with Gasteiger partial charge in [-0.1, -0.05) is 42.5 Å². The number of rotatable bonds is 6. The van der Waals surface area contributed by atoms with E-state index in [4.69, 9.17) is 5.73 Å². The van der Waals surface area contributed by atoms with Crippen molar-refractivity contribution in [2.24, 2.45) is 0 Å². The minimum atomic E-state index is -0.164. The van der Waals surface area contributed by atoms with Crippen molar-refractivity contribution < 1.29 is 4.79 Å². The van der Waals surface area contributed by atoms with Crippen molar-refractivity contribution in [2.75, 3.05) is 29.0 Å². The van der Waals surface area contributed by atoms with E-state index in [1.807, 2.05) is 36.4 Å². The van der Waals surface area contributed by atoms with Gasteiger partial charge in [-0.3, -0.25) is 4.79 Å². The highest BCUT2D eigenvalue weighted by Gasteiger charge is 2.16. The lowest BCUT2D eigenvalue weighted by Crippen LogP contribution is -2.29. The summed E-state index contributed by atoms with van der Waals surface area (Å²) in [6.45, 7) is 2.07. The van der Waals surface area contributed by atoms with Gasteiger partial charge in [0.15, 0.2) is 0 Å². The predicted molar refractivity (Wildman–Crippen MR) is 125 cm³/mol. The number of nitrogen functional groups attached to an aromatic ring is 1. The second-order valence-corrected chi connectivity index (χ2v) is 7.96. The molecule has 0 atom stereocenters. The normalized spacial score (nSPS) is 13.8. The Bertz CT molecular complexity index is 977. The highest BCUT2D eigenvalue weighted by molar-refractivity contribution is 6.08. The Morgan fingerprint density at radius 3 is 2.20 bits per heavy atom. The van der Waals surface area contributed by atoms with E-state index in [9.17, 15) is 4.79 Å². The third-order valence-electron chi connectivity index (χ3n) is 5.76. The van der Waals surface area contributed by atoms with E-state index in [2.05, 4.69) is 46.6 Å². The molecule has 3 N–H and O–H groups in total. The number of piperidine rings is 1. The summed E-state index contributed by atoms with van der Waals surface area (Å²) in [5.41, 5.74) is 11.6. The Morgan fingerprint density at radius 2 is 1.50 bits per heavy atom. The number of nitrogens with one attached hydrogen (secondary N) is 1. The van der Waals surface area contributed by atoms with Crippen LogP contribution >= 0.6 is 0 Å². The fourth-order valence-electron chi connectivity index (χ4n) is 3.98. The Morgan fingerprint density at radius 1 is 0.833 bits per heavy atom. The lowest BCUT2D eigenvalue weighted by Gasteiger charge is -2.29. The molecule has 1 saturated heterocycles. The van der Waals surface area contributed by atoms with Gasteiger partial charge in [-0.15, -0.1) is 0 Å². The molecule has 30 heavy (non-hydrogen) atoms. The summed E-state index contributed by atoms with van der Waals surface area (Å²) in [7, 11) is 0. The fourth-order valence-corrected chi connectivity index (χ4v) is 3.98. The van der Waals surface area contributed by atoms with Crippen LogP contribution in [0.3, 0.4) is 0 Å². The van der Waals surface area contributed by atoms with Crippen molar-refractivity contribution in [1.29, 1.82) is 0 Å². The molecule has 3 aromatic carbocycles. The van der Waals surface area contributed by atoms with Gasteiger partial charge >= 0.3 is 0 Å². The Balaban J connectivity index is 1.39. The monoisotopic (exact) mass is 399 g/mol. The zero-order valence-electron chi connectivity index (χ0n) is 17.3. The van der Waals surface area contributed by atoms with Crippen LogP contribution < -0.4 is 16.0 Å². The Hall–Kier alpha value is -3.27. The maximum atomic E-state index is 12.9. The van der Waals surface area contributed by atoms with E-state index in [1.165, 1.54) is 30.4 Å². The summed E-state index contributed by atoms with van der Waals surface area (Å²) in [5.74, 6) is -0.164. The van der Waals surface area contributed by atoms with E-state index < -0.39 is 0 Å². The topological polar surface area (TPSA) is 58.4 Å². The third kappa shape index (κ3) is 5.01. The van der Waals surface area contributed by atoms with Gasteiger partial charge in [0.25, 0.3) is 5.91 Å². The predicted octanol–water partition coefficient (Wildman–Crippen LogP) is 5.30. The lowest BCUT2D eigenvalue weighted by atomic mass is 10.0. The molecule has 4 heteroatoms. The number of amides is 1. The first-order valence-corrected chi connectivity index (χ1v) is 10.8. The number of hydrogen-bond acceptors (Lipinski definition) is 3. The molecule has 0 aliphatic carbocycles. The lowest BCUT2D eigenvalue weighted by molar-refractivity contribution is 0.102. The summed E-state index contributed by atoms with van der Waals surface area (Å²) >= 11 is 0. The van der Waals surface area contributed by atoms with Crippen molar-refractivity contribution in [3.8, 4) is 0 Å². The Labute approximate surface area is 178 Å². The number of aryl methyl sites for hydroxylation is 2. The van der Waals surface area contributed by atoms with Gasteiger partial charge in [0.2, 0.25) is 0 Å². The average molecular weight is 400 g/mol. The maximum absolute atomic E-state index is 12.9. The van der Waals surface area contributed by atoms with E-state index in [0.717, 1.165) is 37.3 Å². The first kappa shape index (κ1) is 20.0. The molecule has 4 rings (SSSR count). The van der Waals surface area contributed by atoms with Crippen molar-refractivity contribution in [1.82, 2.24) is 0 Å². The zero-order chi connectivity index (χ0) is 20.8. The molecular formula is C26H29N3O. The van der Waals surface area contributed by atoms with E-state index in [-0.39, 0.29) is 5.91 Å². The van der Waals surface area contributed by atoms with Crippen LogP contribution in [0.1, 0.15) is 40.7 Å². The fraction of sp³-hybridized carbons (Fsp3) is 0.269. The van der Waals surface area contributed by atoms with Gasteiger partial charge in [0.1, 0.15) is 0 Å². The van der Waals surface area contributed by atoms with Crippen LogP contribution in [0.5, 0.6) is 0 Å². The summed E-state index contributed by atoms with van der Waals surface area (Å²) in [6.07, 6.45) is 5.65. The molecule has 0 saturated carbocycles. The summed E-state index contributed by atoms with van der Waals surface area (Å²) in [6, 6.07) is 24.3. The smallest absolute Gasteiger partial charge is 0.257 e. The minimum Gasteiger partial charge on any atom is -0.398 e. The highest BCUT2D eigenvalue weighted by atomic mass is 16.1. The first-order valence-electron chi connectivity index (χ1n) is 10.8. The molecule has 0 radical (unpaired) electrons. The van der Waals surface area contributed by atoms with Crippen LogP contribution in [0, 0.1) is 0 Å². The van der Waals surface area contributed by atoms with Crippen molar-refractivity contribution in [2.45, 2.75) is 32.1 Å². The molecule has 0 unspecified atom stereocenters. The number of carbonyl (C=O) groups excluding carboxylic acids is 1. The number of nitrogens with zero attached hydrogens (tertiary/aromatic N) is 1. The number of nitrogens with two attached hydrogens (primary N) is 1. The van der Waals surface area contributed by atoms with Gasteiger partial charge in [0.05, 0.1) is 5.56 Å². The molecule has 1 aliphatic heterocycles. The van der Waals surface area contributed by atoms with Gasteiger partial charge in [-0.05, 0) is 73.6 Å². The Kier molecular flexibility index (Phi) is 6.33. The standard InChI is InChI=1S/C26H29N3O/c27-25-16-15-23(29-17-5-2-6-18-29)19-24(25)26(30)28-22-13-11-21(12-14-22)10-9-20-7-3-1-4-8-20/h1,3-4,7-8,11-16,19H,2,5-6,9-10,17-18,27H2,(H,28,30). The van der Waals surface area contributed by atoms with Gasteiger partial charge in [-0.25, -0.2) is 0 Å². The van der Waals surface area contributed by atoms with E-state index in [0.29, 0.717) is 11.3 Å². The molecule has 1 amide bonds. The van der Waals surface area contributed by atoms with Gasteiger partial charge in [-0.2, -0.15) is 0 Å². The summed E-state index contributed by atoms with van der Waals surface area (Å²) in [5, 5.41) is 2.99. The number of hydrogen-bond donors (Lipinski definition) is 2. The quantitative estimate of drug-likeness (QED) is 0.553. The molecule has 0 bridgehead atoms. The number of benzene rings is 3. The zero-order valence-corrected chi connectivity index (χ0v) is 17.3. The van der Waals surface area contributed by atoms with E-state index in [1.54, 1.807) is 0 Å². The van der Waals surface area contributed by atoms with Crippen LogP contribution in [0.4, 0.5) is 17.1 Å². The minimum absolute atomic E-state index is 0.164. The molecule has 154 valence electrons. The number of anilines is 3. The SMILES string of the molecule is Nc1ccc(N2CCCCC2)cc1C(=O)Nc1ccc(CCc2ccccc2)cc1. The summed E-state index contributed by atoms with van der Waals surface area (Å²) in [4.78, 5) is 15.2. The van der Waals surface area contributed by atoms with Crippen LogP contribution in [-0.2, 0) is 12.8 Å². The van der Waals surface area contributed by atoms with Crippen LogP contribution in [0.25, 0.3) is 0 Å². The third-order valence-corrected chi connectivity index (χ3v) is 5.76. The molecule has 0 aromatic heterocycles. The van der Waals surface area contributed by atoms with Crippen molar-refractivity contribution in [3.63, 3.8) is 0 Å². The molecular weight excluding hydrogens is 370 g/mol. The van der Waals surface area contributed by atoms with Crippen LogP contribution in [-0.4, -0.2) is 19.0 Å². The summed E-state index contributed by atoms with van der Waals surface area (Å²) < 4.78 is 0. The molecule has 0 spiro atoms. The van der Waals surface area contributed by atoms with Crippen LogP contribution in [0.2, 0.25) is 0 Å². The van der Waals surface area contributed by atoms with E-state index >= 15 is 0 Å². The molecule has 1 fully saturated rings. The second-order valence-electron chi connectivity index (χ2n) is 7.96. The van der Waals surface area contributed by atoms with Gasteiger partial charge < -0.3 is 16.0 Å². The molecule has 3 aromatic rings. The molecule has 4 nitrogen and oxygen atoms in total. The molecule has 1 aliphatic rings. The largest absolute Gasteiger partial charge is 0.398 e. The first-order chi connectivity index (χ1) is 14.7. The van der Waals surface area contributed by atoms with Crippen LogP contribution in [0.15, 0.2) is 72.8 Å².